The van der Waals surface area contributed by atoms with Gasteiger partial charge in [-0.2, -0.15) is 0 Å². The number of hydrogen-bond acceptors (Lipinski definition) is 4. The summed E-state index contributed by atoms with van der Waals surface area (Å²) in [6, 6.07) is 16.2. The molecule has 5 rings (SSSR count). The van der Waals surface area contributed by atoms with Crippen LogP contribution >= 0.6 is 22.9 Å². The standard InChI is InChI=1S/C13H12N2OS.C11H9ClO/c14-10-9-6-5-7-3-1-2-4-8(7)11(9)17-12(10)13(15)16;12-11-9(7-13)6-5-8-3-1-2-4-10(8)11/h1-4H,5-6,14H2,(H2,15,16);1-4,7H,5-6H2. The lowest BCUT2D eigenvalue weighted by Gasteiger charge is -2.16. The topological polar surface area (TPSA) is 86.2 Å². The number of nitrogen functional groups attached to an aromatic ring is 1. The molecule has 2 aliphatic carbocycles. The Hall–Kier alpha value is -2.89. The number of nitrogens with two attached hydrogens (primary N) is 2. The third-order valence-corrected chi connectivity index (χ3v) is 7.26. The summed E-state index contributed by atoms with van der Waals surface area (Å²) in [5, 5.41) is 0.622. The predicted molar refractivity (Wildman–Crippen MR) is 124 cm³/mol. The lowest BCUT2D eigenvalue weighted by atomic mass is 9.91. The van der Waals surface area contributed by atoms with E-state index in [1.807, 2.05) is 30.3 Å². The van der Waals surface area contributed by atoms with Crippen LogP contribution in [0.2, 0.25) is 0 Å². The minimum Gasteiger partial charge on any atom is -0.397 e. The Morgan fingerprint density at radius 3 is 2.20 bits per heavy atom. The van der Waals surface area contributed by atoms with Crippen molar-refractivity contribution in [1.82, 2.24) is 0 Å². The van der Waals surface area contributed by atoms with Crippen LogP contribution in [0.5, 0.6) is 0 Å². The smallest absolute Gasteiger partial charge is 0.260 e. The van der Waals surface area contributed by atoms with Crippen molar-refractivity contribution in [3.05, 3.63) is 81.2 Å². The van der Waals surface area contributed by atoms with Crippen LogP contribution < -0.4 is 11.5 Å². The van der Waals surface area contributed by atoms with Crippen LogP contribution in [0.4, 0.5) is 5.69 Å². The summed E-state index contributed by atoms with van der Waals surface area (Å²) in [4.78, 5) is 23.5. The number of thiophene rings is 1. The molecule has 1 amide bonds. The molecule has 0 radical (unpaired) electrons. The van der Waals surface area contributed by atoms with Gasteiger partial charge in [-0.25, -0.2) is 0 Å². The number of hydrogen-bond donors (Lipinski definition) is 2. The van der Waals surface area contributed by atoms with E-state index in [4.69, 9.17) is 23.1 Å². The number of rotatable bonds is 2. The van der Waals surface area contributed by atoms with E-state index in [1.165, 1.54) is 28.0 Å². The zero-order valence-corrected chi connectivity index (χ0v) is 17.9. The fourth-order valence-electron chi connectivity index (χ4n) is 3.96. The van der Waals surface area contributed by atoms with Gasteiger partial charge in [0.2, 0.25) is 0 Å². The molecule has 0 atom stereocenters. The number of allylic oxidation sites excluding steroid dienone is 1. The number of carbonyl (C=O) groups is 2. The Balaban J connectivity index is 0.000000151. The van der Waals surface area contributed by atoms with Crippen molar-refractivity contribution >= 4 is 45.9 Å². The van der Waals surface area contributed by atoms with Gasteiger partial charge in [0.25, 0.3) is 5.91 Å². The first kappa shape index (κ1) is 20.4. The van der Waals surface area contributed by atoms with E-state index >= 15 is 0 Å². The van der Waals surface area contributed by atoms with Crippen LogP contribution in [-0.2, 0) is 24.1 Å². The van der Waals surface area contributed by atoms with E-state index in [-0.39, 0.29) is 0 Å². The van der Waals surface area contributed by atoms with Gasteiger partial charge in [0.1, 0.15) is 11.2 Å². The second kappa shape index (κ2) is 8.46. The Morgan fingerprint density at radius 2 is 1.53 bits per heavy atom. The molecule has 1 aromatic heterocycles. The first-order chi connectivity index (χ1) is 14.5. The summed E-state index contributed by atoms with van der Waals surface area (Å²) < 4.78 is 0. The van der Waals surface area contributed by atoms with E-state index in [9.17, 15) is 9.59 Å². The highest BCUT2D eigenvalue weighted by Crippen LogP contribution is 2.43. The van der Waals surface area contributed by atoms with E-state index in [1.54, 1.807) is 0 Å². The molecule has 30 heavy (non-hydrogen) atoms. The minimum atomic E-state index is -0.431. The molecule has 0 bridgehead atoms. The van der Waals surface area contributed by atoms with Gasteiger partial charge in [-0.1, -0.05) is 60.1 Å². The van der Waals surface area contributed by atoms with Gasteiger partial charge in [0.05, 0.1) is 10.7 Å². The van der Waals surface area contributed by atoms with Gasteiger partial charge in [-0.3, -0.25) is 9.59 Å². The molecule has 4 nitrogen and oxygen atoms in total. The Labute approximate surface area is 184 Å². The first-order valence-corrected chi connectivity index (χ1v) is 10.9. The number of primary amides is 1. The van der Waals surface area contributed by atoms with Crippen LogP contribution in [0.3, 0.4) is 0 Å². The van der Waals surface area contributed by atoms with Crippen molar-refractivity contribution in [3.63, 3.8) is 0 Å². The van der Waals surface area contributed by atoms with E-state index in [2.05, 4.69) is 18.2 Å². The van der Waals surface area contributed by atoms with Crippen molar-refractivity contribution in [2.45, 2.75) is 25.7 Å². The van der Waals surface area contributed by atoms with Crippen LogP contribution in [0.25, 0.3) is 15.5 Å². The third-order valence-electron chi connectivity index (χ3n) is 5.52. The molecule has 0 saturated heterocycles. The maximum absolute atomic E-state index is 11.3. The summed E-state index contributed by atoms with van der Waals surface area (Å²) in [7, 11) is 0. The number of fused-ring (bicyclic) bond motifs is 4. The largest absolute Gasteiger partial charge is 0.397 e. The quantitative estimate of drug-likeness (QED) is 0.555. The fourth-order valence-corrected chi connectivity index (χ4v) is 5.47. The predicted octanol–water partition coefficient (Wildman–Crippen LogP) is 4.98. The molecule has 1 heterocycles. The SMILES string of the molecule is NC(=O)c1sc2c(c1N)CCc1ccccc1-2.O=CC1=C(Cl)c2ccccc2CC1. The summed E-state index contributed by atoms with van der Waals surface area (Å²) in [6.45, 7) is 0. The van der Waals surface area contributed by atoms with Crippen LogP contribution in [0, 0.1) is 0 Å². The molecule has 0 saturated carbocycles. The number of anilines is 1. The maximum Gasteiger partial charge on any atom is 0.260 e. The van der Waals surface area contributed by atoms with E-state index < -0.39 is 5.91 Å². The number of benzene rings is 2. The Morgan fingerprint density at radius 1 is 0.933 bits per heavy atom. The monoisotopic (exact) mass is 436 g/mol. The highest BCUT2D eigenvalue weighted by molar-refractivity contribution is 7.18. The van der Waals surface area contributed by atoms with Crippen LogP contribution in [0.15, 0.2) is 54.1 Å². The number of amides is 1. The van der Waals surface area contributed by atoms with Crippen molar-refractivity contribution in [2.75, 3.05) is 5.73 Å². The van der Waals surface area contributed by atoms with Crippen molar-refractivity contribution < 1.29 is 9.59 Å². The number of aldehydes is 1. The molecule has 4 N–H and O–H groups in total. The minimum absolute atomic E-state index is 0.431. The lowest BCUT2D eigenvalue weighted by Crippen LogP contribution is -2.11. The maximum atomic E-state index is 11.3. The van der Waals surface area contributed by atoms with Gasteiger partial charge in [0, 0.05) is 10.5 Å². The van der Waals surface area contributed by atoms with Crippen LogP contribution in [0.1, 0.15) is 38.3 Å². The molecule has 0 fully saturated rings. The second-order valence-corrected chi connectivity index (χ2v) is 8.69. The Kier molecular flexibility index (Phi) is 5.75. The van der Waals surface area contributed by atoms with E-state index in [0.29, 0.717) is 15.6 Å². The van der Waals surface area contributed by atoms with Gasteiger partial charge in [-0.05, 0) is 53.5 Å². The van der Waals surface area contributed by atoms with Crippen molar-refractivity contribution in [3.8, 4) is 10.4 Å². The average molecular weight is 437 g/mol. The normalized spacial score (nSPS) is 14.0. The zero-order valence-electron chi connectivity index (χ0n) is 16.3. The number of halogens is 1. The molecular weight excluding hydrogens is 416 g/mol. The van der Waals surface area contributed by atoms with Gasteiger partial charge >= 0.3 is 0 Å². The number of aryl methyl sites for hydroxylation is 2. The molecule has 2 aromatic carbocycles. The van der Waals surface area contributed by atoms with E-state index in [0.717, 1.165) is 53.5 Å². The molecular formula is C24H21ClN2O2S. The summed E-state index contributed by atoms with van der Waals surface area (Å²) in [5.41, 5.74) is 18.5. The molecule has 0 spiro atoms. The summed E-state index contributed by atoms with van der Waals surface area (Å²) in [5.74, 6) is -0.431. The van der Waals surface area contributed by atoms with Gasteiger partial charge in [0.15, 0.2) is 0 Å². The average Bonchev–Trinajstić information content (AvgIpc) is 3.12. The molecule has 2 aliphatic rings. The molecule has 0 aliphatic heterocycles. The molecule has 6 heteroatoms. The third kappa shape index (κ3) is 3.66. The Bertz CT molecular complexity index is 1180. The van der Waals surface area contributed by atoms with Crippen molar-refractivity contribution in [1.29, 1.82) is 0 Å². The summed E-state index contributed by atoms with van der Waals surface area (Å²) >= 11 is 7.47. The lowest BCUT2D eigenvalue weighted by molar-refractivity contribution is -0.105. The molecule has 3 aromatic rings. The van der Waals surface area contributed by atoms with Crippen LogP contribution in [-0.4, -0.2) is 12.2 Å². The fraction of sp³-hybridized carbons (Fsp3) is 0.167. The zero-order chi connectivity index (χ0) is 21.3. The van der Waals surface area contributed by atoms with Gasteiger partial charge < -0.3 is 11.5 Å². The molecule has 0 unspecified atom stereocenters. The first-order valence-electron chi connectivity index (χ1n) is 9.72. The van der Waals surface area contributed by atoms with Crippen molar-refractivity contribution in [2.24, 2.45) is 5.73 Å². The molecule has 152 valence electrons. The summed E-state index contributed by atoms with van der Waals surface area (Å²) in [6.07, 6.45) is 4.41. The second-order valence-electron chi connectivity index (χ2n) is 7.29. The highest BCUT2D eigenvalue weighted by atomic mass is 35.5. The number of carbonyl (C=O) groups excluding carboxylic acids is 2. The highest BCUT2D eigenvalue weighted by Gasteiger charge is 2.24. The van der Waals surface area contributed by atoms with Gasteiger partial charge in [-0.15, -0.1) is 11.3 Å².